The summed E-state index contributed by atoms with van der Waals surface area (Å²) in [5.41, 5.74) is 6.03. The van der Waals surface area contributed by atoms with E-state index in [1.807, 2.05) is 13.8 Å². The third-order valence-corrected chi connectivity index (χ3v) is 2.35. The van der Waals surface area contributed by atoms with Crippen molar-refractivity contribution in [1.82, 2.24) is 0 Å². The van der Waals surface area contributed by atoms with Gasteiger partial charge in [-0.25, -0.2) is 0 Å². The molecule has 0 aromatic heterocycles. The molecule has 4 nitrogen and oxygen atoms in total. The Kier molecular flexibility index (Phi) is 5.03. The van der Waals surface area contributed by atoms with Crippen LogP contribution in [0.25, 0.3) is 0 Å². The van der Waals surface area contributed by atoms with Gasteiger partial charge in [-0.05, 0) is 18.1 Å². The van der Waals surface area contributed by atoms with Crippen LogP contribution in [0.15, 0.2) is 24.3 Å². The fraction of sp³-hybridized carbons (Fsp3) is 0.417. The first-order valence-electron chi connectivity index (χ1n) is 5.51. The summed E-state index contributed by atoms with van der Waals surface area (Å²) in [5, 5.41) is 2.55. The van der Waals surface area contributed by atoms with E-state index >= 15 is 0 Å². The highest BCUT2D eigenvalue weighted by Gasteiger charge is 2.17. The van der Waals surface area contributed by atoms with Gasteiger partial charge in [0.25, 0.3) is 0 Å². The number of rotatable bonds is 5. The van der Waals surface area contributed by atoms with Gasteiger partial charge in [-0.15, -0.1) is 0 Å². The molecule has 1 amide bonds. The van der Waals surface area contributed by atoms with Crippen LogP contribution in [0, 0.1) is 5.92 Å². The monoisotopic (exact) mass is 258 g/mol. The Hall–Kier alpha value is -1.69. The quantitative estimate of drug-likeness (QED) is 0.851. The third kappa shape index (κ3) is 4.29. The molecule has 0 aliphatic heterocycles. The van der Waals surface area contributed by atoms with Crippen LogP contribution in [-0.2, 0) is 4.79 Å². The molecule has 3 N–H and O–H groups in total. The minimum atomic E-state index is -2.89. The molecule has 0 radical (unpaired) electrons. The summed E-state index contributed by atoms with van der Waals surface area (Å²) in [6, 6.07) is 5.13. The molecule has 0 saturated heterocycles. The zero-order valence-corrected chi connectivity index (χ0v) is 10.2. The Morgan fingerprint density at radius 2 is 2.06 bits per heavy atom. The summed E-state index contributed by atoms with van der Waals surface area (Å²) in [5.74, 6) is -0.384. The molecule has 1 rings (SSSR count). The third-order valence-electron chi connectivity index (χ3n) is 2.35. The van der Waals surface area contributed by atoms with E-state index in [2.05, 4.69) is 10.1 Å². The Labute approximate surface area is 104 Å². The Balaban J connectivity index is 2.70. The van der Waals surface area contributed by atoms with E-state index in [0.717, 1.165) is 0 Å². The van der Waals surface area contributed by atoms with Gasteiger partial charge in [-0.3, -0.25) is 4.79 Å². The highest BCUT2D eigenvalue weighted by atomic mass is 19.3. The van der Waals surface area contributed by atoms with Crippen molar-refractivity contribution in [2.75, 3.05) is 5.32 Å². The van der Waals surface area contributed by atoms with E-state index in [4.69, 9.17) is 5.73 Å². The summed E-state index contributed by atoms with van der Waals surface area (Å²) < 4.78 is 28.3. The molecular formula is C12H16F2N2O2. The van der Waals surface area contributed by atoms with Crippen LogP contribution in [0.2, 0.25) is 0 Å². The topological polar surface area (TPSA) is 64.4 Å². The number of anilines is 1. The fourth-order valence-corrected chi connectivity index (χ4v) is 1.28. The standard InChI is InChI=1S/C12H16F2N2O2/c1-7(2)10(15)11(17)16-8-4-3-5-9(6-8)18-12(13)14/h3-7,10,12H,15H2,1-2H3,(H,16,17)/t10-/m1/s1. The maximum absolute atomic E-state index is 12.0. The first-order chi connectivity index (χ1) is 8.40. The molecule has 6 heteroatoms. The van der Waals surface area contributed by atoms with Crippen molar-refractivity contribution >= 4 is 11.6 Å². The van der Waals surface area contributed by atoms with Gasteiger partial charge < -0.3 is 15.8 Å². The van der Waals surface area contributed by atoms with Crippen LogP contribution in [0.3, 0.4) is 0 Å². The second kappa shape index (κ2) is 6.30. The van der Waals surface area contributed by atoms with Crippen molar-refractivity contribution in [3.05, 3.63) is 24.3 Å². The molecule has 0 fully saturated rings. The van der Waals surface area contributed by atoms with E-state index in [0.29, 0.717) is 5.69 Å². The predicted molar refractivity (Wildman–Crippen MR) is 64.5 cm³/mol. The second-order valence-corrected chi connectivity index (χ2v) is 4.17. The lowest BCUT2D eigenvalue weighted by molar-refractivity contribution is -0.118. The van der Waals surface area contributed by atoms with Crippen molar-refractivity contribution in [3.8, 4) is 5.75 Å². The number of carbonyl (C=O) groups is 1. The molecule has 1 aromatic carbocycles. The second-order valence-electron chi connectivity index (χ2n) is 4.17. The number of hydrogen-bond acceptors (Lipinski definition) is 3. The average molecular weight is 258 g/mol. The normalized spacial score (nSPS) is 12.6. The summed E-state index contributed by atoms with van der Waals surface area (Å²) in [6.45, 7) is 0.745. The van der Waals surface area contributed by atoms with Crippen LogP contribution in [0.4, 0.5) is 14.5 Å². The highest BCUT2D eigenvalue weighted by Crippen LogP contribution is 2.19. The number of nitrogens with one attached hydrogen (secondary N) is 1. The molecule has 0 spiro atoms. The average Bonchev–Trinajstić information content (AvgIpc) is 2.27. The SMILES string of the molecule is CC(C)[C@@H](N)C(=O)Nc1cccc(OC(F)F)c1. The van der Waals surface area contributed by atoms with E-state index < -0.39 is 12.7 Å². The van der Waals surface area contributed by atoms with Gasteiger partial charge in [-0.1, -0.05) is 19.9 Å². The maximum Gasteiger partial charge on any atom is 0.387 e. The number of benzene rings is 1. The van der Waals surface area contributed by atoms with Crippen molar-refractivity contribution in [3.63, 3.8) is 0 Å². The van der Waals surface area contributed by atoms with E-state index in [1.54, 1.807) is 6.07 Å². The summed E-state index contributed by atoms with van der Waals surface area (Å²) in [4.78, 5) is 11.7. The number of alkyl halides is 2. The Morgan fingerprint density at radius 3 is 2.61 bits per heavy atom. The molecule has 0 aliphatic rings. The number of amides is 1. The Bertz CT molecular complexity index is 411. The number of nitrogens with two attached hydrogens (primary N) is 1. The summed E-state index contributed by atoms with van der Waals surface area (Å²) >= 11 is 0. The zero-order chi connectivity index (χ0) is 13.7. The van der Waals surface area contributed by atoms with Crippen molar-refractivity contribution in [2.45, 2.75) is 26.5 Å². The van der Waals surface area contributed by atoms with Crippen LogP contribution in [0.1, 0.15) is 13.8 Å². The molecule has 100 valence electrons. The molecule has 0 unspecified atom stereocenters. The first kappa shape index (κ1) is 14.4. The van der Waals surface area contributed by atoms with Gasteiger partial charge in [0, 0.05) is 11.8 Å². The van der Waals surface area contributed by atoms with E-state index in [-0.39, 0.29) is 17.6 Å². The van der Waals surface area contributed by atoms with Gasteiger partial charge in [0.1, 0.15) is 5.75 Å². The van der Waals surface area contributed by atoms with E-state index in [9.17, 15) is 13.6 Å². The lowest BCUT2D eigenvalue weighted by atomic mass is 10.0. The molecule has 0 saturated carbocycles. The zero-order valence-electron chi connectivity index (χ0n) is 10.2. The Morgan fingerprint density at radius 1 is 1.39 bits per heavy atom. The molecule has 1 atom stereocenters. The molecule has 0 heterocycles. The van der Waals surface area contributed by atoms with Gasteiger partial charge in [0.15, 0.2) is 0 Å². The van der Waals surface area contributed by atoms with Gasteiger partial charge in [0.05, 0.1) is 6.04 Å². The number of hydrogen-bond donors (Lipinski definition) is 2. The highest BCUT2D eigenvalue weighted by molar-refractivity contribution is 5.94. The molecular weight excluding hydrogens is 242 g/mol. The number of carbonyl (C=O) groups excluding carboxylic acids is 1. The maximum atomic E-state index is 12.0. The van der Waals surface area contributed by atoms with Crippen molar-refractivity contribution in [1.29, 1.82) is 0 Å². The van der Waals surface area contributed by atoms with Crippen LogP contribution >= 0.6 is 0 Å². The molecule has 0 aliphatic carbocycles. The van der Waals surface area contributed by atoms with Crippen molar-refractivity contribution in [2.24, 2.45) is 11.7 Å². The van der Waals surface area contributed by atoms with Gasteiger partial charge >= 0.3 is 6.61 Å². The minimum Gasteiger partial charge on any atom is -0.435 e. The smallest absolute Gasteiger partial charge is 0.387 e. The van der Waals surface area contributed by atoms with E-state index in [1.165, 1.54) is 18.2 Å². The fourth-order valence-electron chi connectivity index (χ4n) is 1.28. The predicted octanol–water partition coefficient (Wildman–Crippen LogP) is 2.21. The minimum absolute atomic E-state index is 0.00880. The number of ether oxygens (including phenoxy) is 1. The van der Waals surface area contributed by atoms with Gasteiger partial charge in [0.2, 0.25) is 5.91 Å². The molecule has 1 aromatic rings. The first-order valence-corrected chi connectivity index (χ1v) is 5.51. The van der Waals surface area contributed by atoms with Crippen LogP contribution in [-0.4, -0.2) is 18.6 Å². The largest absolute Gasteiger partial charge is 0.435 e. The lowest BCUT2D eigenvalue weighted by Gasteiger charge is -2.15. The van der Waals surface area contributed by atoms with Gasteiger partial charge in [-0.2, -0.15) is 8.78 Å². The molecule has 0 bridgehead atoms. The summed E-state index contributed by atoms with van der Waals surface area (Å²) in [7, 11) is 0. The van der Waals surface area contributed by atoms with Crippen LogP contribution in [0.5, 0.6) is 5.75 Å². The van der Waals surface area contributed by atoms with Crippen LogP contribution < -0.4 is 15.8 Å². The molecule has 18 heavy (non-hydrogen) atoms. The summed E-state index contributed by atoms with van der Waals surface area (Å²) in [6.07, 6.45) is 0. The number of halogens is 2. The lowest BCUT2D eigenvalue weighted by Crippen LogP contribution is -2.39. The van der Waals surface area contributed by atoms with Crippen molar-refractivity contribution < 1.29 is 18.3 Å².